The average Bonchev–Trinajstić information content (AvgIpc) is 3.01. The summed E-state index contributed by atoms with van der Waals surface area (Å²) in [5, 5.41) is 10.2. The Morgan fingerprint density at radius 1 is 1.11 bits per heavy atom. The van der Waals surface area contributed by atoms with Crippen molar-refractivity contribution >= 4 is 5.78 Å². The maximum atomic E-state index is 12.0. The Bertz CT molecular complexity index is 779. The van der Waals surface area contributed by atoms with Gasteiger partial charge in [0.1, 0.15) is 12.2 Å². The Morgan fingerprint density at radius 2 is 1.89 bits per heavy atom. The summed E-state index contributed by atoms with van der Waals surface area (Å²) in [5.41, 5.74) is 0.594. The second kappa shape index (κ2) is 5.24. The van der Waals surface area contributed by atoms with Gasteiger partial charge in [0.25, 0.3) is 0 Å². The summed E-state index contributed by atoms with van der Waals surface area (Å²) in [6.45, 7) is 8.56. The van der Waals surface area contributed by atoms with E-state index in [1.807, 2.05) is 19.9 Å². The molecule has 0 aromatic carbocycles. The fourth-order valence-corrected chi connectivity index (χ4v) is 7.83. The molecule has 1 saturated heterocycles. The van der Waals surface area contributed by atoms with Gasteiger partial charge in [-0.05, 0) is 81.6 Å². The molecule has 4 fully saturated rings. The van der Waals surface area contributed by atoms with Crippen LogP contribution in [0.5, 0.6) is 0 Å². The van der Waals surface area contributed by atoms with E-state index in [2.05, 4.69) is 19.9 Å². The molecule has 0 radical (unpaired) electrons. The normalized spacial score (nSPS) is 52.9. The number of carbonyl (C=O) groups excluding carboxylic acids is 1. The van der Waals surface area contributed by atoms with E-state index < -0.39 is 11.4 Å². The Labute approximate surface area is 162 Å². The zero-order valence-electron chi connectivity index (χ0n) is 17.0. The molecule has 7 atom stereocenters. The molecule has 146 valence electrons. The van der Waals surface area contributed by atoms with Crippen LogP contribution in [0.1, 0.15) is 72.6 Å². The largest absolute Gasteiger partial charge is 0.343 e. The zero-order valence-corrected chi connectivity index (χ0v) is 17.0. The topological polar surface area (TPSA) is 59.3 Å². The number of ketones is 1. The summed E-state index contributed by atoms with van der Waals surface area (Å²) in [5.74, 6) is 1.32. The number of hydrogen-bond donors (Lipinski definition) is 0. The van der Waals surface area contributed by atoms with E-state index in [1.165, 1.54) is 5.57 Å². The highest BCUT2D eigenvalue weighted by Gasteiger charge is 2.73. The van der Waals surface area contributed by atoms with Crippen LogP contribution >= 0.6 is 0 Å². The van der Waals surface area contributed by atoms with Gasteiger partial charge < -0.3 is 9.47 Å². The molecular weight excluding hydrogens is 338 g/mol. The summed E-state index contributed by atoms with van der Waals surface area (Å²) >= 11 is 0. The number of nitrogens with zero attached hydrogens (tertiary/aromatic N) is 1. The lowest BCUT2D eigenvalue weighted by Gasteiger charge is -2.58. The maximum absolute atomic E-state index is 12.0. The Hall–Kier alpha value is -1.18. The molecule has 1 heterocycles. The van der Waals surface area contributed by atoms with Crippen LogP contribution in [0.3, 0.4) is 0 Å². The maximum Gasteiger partial charge on any atom is 0.189 e. The van der Waals surface area contributed by atoms with E-state index in [1.54, 1.807) is 0 Å². The molecule has 3 saturated carbocycles. The minimum Gasteiger partial charge on any atom is -0.343 e. The van der Waals surface area contributed by atoms with E-state index in [4.69, 9.17) is 9.47 Å². The highest BCUT2D eigenvalue weighted by atomic mass is 16.8. The van der Waals surface area contributed by atoms with Crippen LogP contribution in [0.2, 0.25) is 0 Å². The number of ether oxygens (including phenoxy) is 2. The number of rotatable bonds is 0. The van der Waals surface area contributed by atoms with Crippen LogP contribution in [0.15, 0.2) is 11.6 Å². The van der Waals surface area contributed by atoms with Crippen molar-refractivity contribution < 1.29 is 14.3 Å². The fraction of sp³-hybridized carbons (Fsp3) is 0.826. The number of allylic oxidation sites excluding steroid dienone is 1. The molecule has 1 aliphatic heterocycles. The van der Waals surface area contributed by atoms with Gasteiger partial charge in [-0.25, -0.2) is 0 Å². The molecule has 4 aliphatic carbocycles. The predicted molar refractivity (Wildman–Crippen MR) is 100 cm³/mol. The number of nitriles is 1. The lowest BCUT2D eigenvalue weighted by molar-refractivity contribution is -0.200. The first-order chi connectivity index (χ1) is 12.7. The molecule has 5 rings (SSSR count). The van der Waals surface area contributed by atoms with Gasteiger partial charge in [-0.15, -0.1) is 0 Å². The minimum absolute atomic E-state index is 0.121. The van der Waals surface area contributed by atoms with Crippen molar-refractivity contribution in [3.8, 4) is 6.07 Å². The van der Waals surface area contributed by atoms with Crippen molar-refractivity contribution in [2.75, 3.05) is 0 Å². The van der Waals surface area contributed by atoms with Crippen molar-refractivity contribution in [3.05, 3.63) is 11.6 Å². The predicted octanol–water partition coefficient (Wildman–Crippen LogP) is 4.54. The Balaban J connectivity index is 1.52. The SMILES string of the molecule is CC1(C)O[C@@H]2C[C@H]3[C@H]4CCC5=CC(=O)CC[C@]5(C)[C@@H]4CC[C@]3(C)[C@]2(C#N)O1. The van der Waals surface area contributed by atoms with Crippen molar-refractivity contribution in [2.24, 2.45) is 28.6 Å². The molecule has 4 heteroatoms. The van der Waals surface area contributed by atoms with Gasteiger partial charge in [-0.2, -0.15) is 5.26 Å². The molecule has 0 bridgehead atoms. The van der Waals surface area contributed by atoms with E-state index in [0.29, 0.717) is 30.0 Å². The Kier molecular flexibility index (Phi) is 3.47. The first-order valence-corrected chi connectivity index (χ1v) is 10.7. The van der Waals surface area contributed by atoms with Gasteiger partial charge in [0.05, 0.1) is 0 Å². The highest BCUT2D eigenvalue weighted by Crippen LogP contribution is 2.70. The van der Waals surface area contributed by atoms with Gasteiger partial charge in [-0.1, -0.05) is 19.4 Å². The zero-order chi connectivity index (χ0) is 19.2. The lowest BCUT2D eigenvalue weighted by atomic mass is 9.46. The van der Waals surface area contributed by atoms with E-state index in [-0.39, 0.29) is 16.9 Å². The van der Waals surface area contributed by atoms with Crippen molar-refractivity contribution in [1.29, 1.82) is 5.26 Å². The number of hydrogen-bond acceptors (Lipinski definition) is 4. The van der Waals surface area contributed by atoms with E-state index in [0.717, 1.165) is 38.5 Å². The number of carbonyl (C=O) groups is 1. The minimum atomic E-state index is -0.814. The summed E-state index contributed by atoms with van der Waals surface area (Å²) in [6, 6.07) is 2.60. The molecule has 0 N–H and O–H groups in total. The summed E-state index contributed by atoms with van der Waals surface area (Å²) < 4.78 is 12.6. The molecule has 27 heavy (non-hydrogen) atoms. The second-order valence-corrected chi connectivity index (χ2v) is 10.6. The quantitative estimate of drug-likeness (QED) is 0.629. The van der Waals surface area contributed by atoms with Crippen LogP contribution in [-0.4, -0.2) is 23.3 Å². The van der Waals surface area contributed by atoms with Crippen molar-refractivity contribution in [3.63, 3.8) is 0 Å². The second-order valence-electron chi connectivity index (χ2n) is 10.6. The first kappa shape index (κ1) is 17.9. The van der Waals surface area contributed by atoms with Crippen LogP contribution in [-0.2, 0) is 14.3 Å². The number of fused-ring (bicyclic) bond motifs is 7. The van der Waals surface area contributed by atoms with Crippen LogP contribution in [0.4, 0.5) is 0 Å². The van der Waals surface area contributed by atoms with Gasteiger partial charge in [0.2, 0.25) is 0 Å². The average molecular weight is 370 g/mol. The molecule has 0 aromatic heterocycles. The molecule has 5 aliphatic rings. The van der Waals surface area contributed by atoms with Gasteiger partial charge >= 0.3 is 0 Å². The van der Waals surface area contributed by atoms with Crippen molar-refractivity contribution in [2.45, 2.75) is 90.1 Å². The van der Waals surface area contributed by atoms with Crippen LogP contribution < -0.4 is 0 Å². The molecular formula is C23H31NO3. The van der Waals surface area contributed by atoms with Gasteiger partial charge in [0.15, 0.2) is 17.2 Å². The van der Waals surface area contributed by atoms with E-state index >= 15 is 0 Å². The summed E-state index contributed by atoms with van der Waals surface area (Å²) in [4.78, 5) is 12.0. The highest BCUT2D eigenvalue weighted by molar-refractivity contribution is 5.91. The molecule has 0 unspecified atom stereocenters. The van der Waals surface area contributed by atoms with Crippen LogP contribution in [0, 0.1) is 39.9 Å². The third-order valence-corrected chi connectivity index (χ3v) is 9.12. The smallest absolute Gasteiger partial charge is 0.189 e. The van der Waals surface area contributed by atoms with E-state index in [9.17, 15) is 10.1 Å². The molecule has 4 nitrogen and oxygen atoms in total. The molecule has 0 spiro atoms. The standard InChI is InChI=1S/C23H31NO3/c1-20(2)26-19-12-18-16-6-5-14-11-15(25)7-9-21(14,3)17(16)8-10-22(18,4)23(19,13-24)27-20/h11,16-19H,5-10,12H2,1-4H3/t16-,17+,18-,19+,21-,22-,23+/m0/s1. The van der Waals surface area contributed by atoms with Crippen LogP contribution in [0.25, 0.3) is 0 Å². The van der Waals surface area contributed by atoms with Gasteiger partial charge in [-0.3, -0.25) is 4.79 Å². The summed E-state index contributed by atoms with van der Waals surface area (Å²) in [6.07, 6.45) is 8.77. The third-order valence-electron chi connectivity index (χ3n) is 9.12. The first-order valence-electron chi connectivity index (χ1n) is 10.7. The summed E-state index contributed by atoms with van der Waals surface area (Å²) in [7, 11) is 0. The van der Waals surface area contributed by atoms with Crippen molar-refractivity contribution in [1.82, 2.24) is 0 Å². The third kappa shape index (κ3) is 2.08. The Morgan fingerprint density at radius 3 is 2.63 bits per heavy atom. The lowest BCUT2D eigenvalue weighted by Crippen LogP contribution is -2.56. The fourth-order valence-electron chi connectivity index (χ4n) is 7.83. The molecule has 0 amide bonds. The monoisotopic (exact) mass is 369 g/mol. The molecule has 0 aromatic rings. The van der Waals surface area contributed by atoms with Gasteiger partial charge in [0, 0.05) is 11.8 Å².